The van der Waals surface area contributed by atoms with E-state index in [9.17, 15) is 19.2 Å². The number of hydrogen-bond donors (Lipinski definition) is 3. The number of nitrogens with one attached hydrogen (secondary N) is 1. The number of carboxylic acids is 1. The molecule has 0 aliphatic heterocycles. The number of amides is 2. The van der Waals surface area contributed by atoms with Gasteiger partial charge < -0.3 is 20.7 Å². The number of carbonyl (C=O) groups is 3. The standard InChI is InChI=1S/C11H14N4O5S/c1-5-8(9(21-2)14-11(20)13-5)10(19)15(3-6(12)16)4-7(17)18/h3-4H2,1-2H3,(H2,12,16)(H,17,18)(H,13,14,20). The van der Waals surface area contributed by atoms with E-state index in [0.717, 1.165) is 16.7 Å². The van der Waals surface area contributed by atoms with Gasteiger partial charge in [0, 0.05) is 5.69 Å². The number of H-pyrrole nitrogens is 1. The number of primary amides is 1. The van der Waals surface area contributed by atoms with Crippen LogP contribution in [-0.4, -0.2) is 57.1 Å². The van der Waals surface area contributed by atoms with Gasteiger partial charge in [0.15, 0.2) is 0 Å². The van der Waals surface area contributed by atoms with Gasteiger partial charge in [-0.25, -0.2) is 4.79 Å². The summed E-state index contributed by atoms with van der Waals surface area (Å²) in [5.74, 6) is -2.86. The monoisotopic (exact) mass is 314 g/mol. The van der Waals surface area contributed by atoms with E-state index in [1.807, 2.05) is 0 Å². The van der Waals surface area contributed by atoms with E-state index in [2.05, 4.69) is 9.97 Å². The molecule has 0 aliphatic carbocycles. The number of hydrogen-bond acceptors (Lipinski definition) is 6. The Labute approximate surface area is 123 Å². The van der Waals surface area contributed by atoms with Gasteiger partial charge in [-0.1, -0.05) is 0 Å². The van der Waals surface area contributed by atoms with Crippen molar-refractivity contribution < 1.29 is 19.5 Å². The second kappa shape index (κ2) is 6.88. The fraction of sp³-hybridized carbons (Fsp3) is 0.364. The number of carbonyl (C=O) groups excluding carboxylic acids is 2. The van der Waals surface area contributed by atoms with Crippen molar-refractivity contribution in [3.63, 3.8) is 0 Å². The molecule has 1 aromatic rings. The molecular formula is C11H14N4O5S. The van der Waals surface area contributed by atoms with Crippen LogP contribution in [0.25, 0.3) is 0 Å². The summed E-state index contributed by atoms with van der Waals surface area (Å²) in [6.07, 6.45) is 1.62. The van der Waals surface area contributed by atoms with Gasteiger partial charge >= 0.3 is 11.7 Å². The number of aromatic amines is 1. The number of nitrogens with zero attached hydrogens (tertiary/aromatic N) is 2. The third kappa shape index (κ3) is 4.31. The normalized spacial score (nSPS) is 10.2. The van der Waals surface area contributed by atoms with Crippen LogP contribution >= 0.6 is 11.8 Å². The van der Waals surface area contributed by atoms with E-state index in [1.54, 1.807) is 6.26 Å². The quantitative estimate of drug-likeness (QED) is 0.442. The molecule has 0 saturated heterocycles. The van der Waals surface area contributed by atoms with Crippen molar-refractivity contribution in [1.82, 2.24) is 14.9 Å². The molecule has 0 spiro atoms. The number of aliphatic carboxylic acids is 1. The molecule has 0 aromatic carbocycles. The molecule has 2 amide bonds. The molecule has 1 heterocycles. The van der Waals surface area contributed by atoms with E-state index in [0.29, 0.717) is 0 Å². The van der Waals surface area contributed by atoms with Gasteiger partial charge in [-0.3, -0.25) is 14.4 Å². The zero-order chi connectivity index (χ0) is 16.2. The predicted octanol–water partition coefficient (Wildman–Crippen LogP) is -1.19. The first kappa shape index (κ1) is 16.7. The van der Waals surface area contributed by atoms with Crippen LogP contribution in [-0.2, 0) is 9.59 Å². The smallest absolute Gasteiger partial charge is 0.346 e. The SMILES string of the molecule is CSc1nc(=O)[nH]c(C)c1C(=O)N(CC(N)=O)CC(=O)O. The van der Waals surface area contributed by atoms with Crippen LogP contribution in [0.1, 0.15) is 16.1 Å². The zero-order valence-corrected chi connectivity index (χ0v) is 12.2. The number of aromatic nitrogens is 2. The van der Waals surface area contributed by atoms with Crippen molar-refractivity contribution in [2.45, 2.75) is 11.9 Å². The minimum atomic E-state index is -1.29. The number of nitrogens with two attached hydrogens (primary N) is 1. The highest BCUT2D eigenvalue weighted by Gasteiger charge is 2.25. The van der Waals surface area contributed by atoms with Crippen LogP contribution < -0.4 is 11.4 Å². The fourth-order valence-electron chi connectivity index (χ4n) is 1.67. The third-order valence-electron chi connectivity index (χ3n) is 2.45. The number of thioether (sulfide) groups is 1. The molecule has 0 aliphatic rings. The largest absolute Gasteiger partial charge is 0.480 e. The summed E-state index contributed by atoms with van der Waals surface area (Å²) in [5, 5.41) is 8.96. The molecule has 0 atom stereocenters. The summed E-state index contributed by atoms with van der Waals surface area (Å²) in [5.41, 5.74) is 4.68. The molecule has 4 N–H and O–H groups in total. The summed E-state index contributed by atoms with van der Waals surface area (Å²) in [4.78, 5) is 52.3. The lowest BCUT2D eigenvalue weighted by Gasteiger charge is -2.20. The van der Waals surface area contributed by atoms with E-state index in [4.69, 9.17) is 10.8 Å². The summed E-state index contributed by atoms with van der Waals surface area (Å²) in [7, 11) is 0. The van der Waals surface area contributed by atoms with Crippen molar-refractivity contribution in [2.75, 3.05) is 19.3 Å². The van der Waals surface area contributed by atoms with Crippen LogP contribution in [0.15, 0.2) is 9.82 Å². The Morgan fingerprint density at radius 3 is 2.48 bits per heavy atom. The molecule has 0 fully saturated rings. The van der Waals surface area contributed by atoms with Crippen LogP contribution in [0.3, 0.4) is 0 Å². The lowest BCUT2D eigenvalue weighted by Crippen LogP contribution is -2.42. The van der Waals surface area contributed by atoms with Crippen molar-refractivity contribution >= 4 is 29.5 Å². The van der Waals surface area contributed by atoms with Gasteiger partial charge in [-0.05, 0) is 13.2 Å². The van der Waals surface area contributed by atoms with Crippen molar-refractivity contribution in [3.05, 3.63) is 21.7 Å². The average Bonchev–Trinajstić information content (AvgIpc) is 2.35. The predicted molar refractivity (Wildman–Crippen MR) is 74.1 cm³/mol. The molecule has 1 aromatic heterocycles. The first-order valence-electron chi connectivity index (χ1n) is 5.70. The molecule has 9 nitrogen and oxygen atoms in total. The van der Waals surface area contributed by atoms with Crippen LogP contribution in [0, 0.1) is 6.92 Å². The summed E-state index contributed by atoms with van der Waals surface area (Å²) >= 11 is 1.07. The number of aryl methyl sites for hydroxylation is 1. The highest BCUT2D eigenvalue weighted by atomic mass is 32.2. The second-order valence-corrected chi connectivity index (χ2v) is 4.87. The van der Waals surface area contributed by atoms with Crippen LogP contribution in [0.2, 0.25) is 0 Å². The molecule has 0 saturated carbocycles. The van der Waals surface area contributed by atoms with E-state index < -0.39 is 36.6 Å². The Morgan fingerprint density at radius 1 is 1.38 bits per heavy atom. The maximum absolute atomic E-state index is 12.4. The summed E-state index contributed by atoms with van der Waals surface area (Å²) < 4.78 is 0. The Morgan fingerprint density at radius 2 is 2.00 bits per heavy atom. The van der Waals surface area contributed by atoms with E-state index in [-0.39, 0.29) is 16.3 Å². The first-order chi connectivity index (χ1) is 9.76. The van der Waals surface area contributed by atoms with Crippen molar-refractivity contribution in [3.8, 4) is 0 Å². The molecular weight excluding hydrogens is 300 g/mol. The van der Waals surface area contributed by atoms with E-state index >= 15 is 0 Å². The third-order valence-corrected chi connectivity index (χ3v) is 3.14. The van der Waals surface area contributed by atoms with Crippen LogP contribution in [0.4, 0.5) is 0 Å². The van der Waals surface area contributed by atoms with Gasteiger partial charge in [0.25, 0.3) is 5.91 Å². The molecule has 21 heavy (non-hydrogen) atoms. The topological polar surface area (TPSA) is 146 Å². The maximum Gasteiger partial charge on any atom is 0.346 e. The molecule has 10 heteroatoms. The molecule has 0 radical (unpaired) electrons. The fourth-order valence-corrected chi connectivity index (χ4v) is 2.29. The maximum atomic E-state index is 12.4. The summed E-state index contributed by atoms with van der Waals surface area (Å²) in [6.45, 7) is 0.255. The first-order valence-corrected chi connectivity index (χ1v) is 6.93. The number of carboxylic acid groups (broad SMARTS) is 1. The Kier molecular flexibility index (Phi) is 5.47. The van der Waals surface area contributed by atoms with Crippen molar-refractivity contribution in [1.29, 1.82) is 0 Å². The lowest BCUT2D eigenvalue weighted by molar-refractivity contribution is -0.138. The van der Waals surface area contributed by atoms with Gasteiger partial charge in [-0.2, -0.15) is 4.98 Å². The van der Waals surface area contributed by atoms with Crippen molar-refractivity contribution in [2.24, 2.45) is 5.73 Å². The van der Waals surface area contributed by atoms with Gasteiger partial charge in [0.05, 0.1) is 5.56 Å². The lowest BCUT2D eigenvalue weighted by atomic mass is 10.2. The minimum Gasteiger partial charge on any atom is -0.480 e. The average molecular weight is 314 g/mol. The van der Waals surface area contributed by atoms with Gasteiger partial charge in [0.2, 0.25) is 5.91 Å². The highest BCUT2D eigenvalue weighted by Crippen LogP contribution is 2.19. The Bertz CT molecular complexity index is 626. The highest BCUT2D eigenvalue weighted by molar-refractivity contribution is 7.98. The molecule has 114 valence electrons. The van der Waals surface area contributed by atoms with Gasteiger partial charge in [0.1, 0.15) is 18.1 Å². The Balaban J connectivity index is 3.28. The van der Waals surface area contributed by atoms with E-state index in [1.165, 1.54) is 6.92 Å². The zero-order valence-electron chi connectivity index (χ0n) is 11.4. The molecule has 0 bridgehead atoms. The minimum absolute atomic E-state index is 0.0459. The summed E-state index contributed by atoms with van der Waals surface area (Å²) in [6, 6.07) is 0. The van der Waals surface area contributed by atoms with Crippen LogP contribution in [0.5, 0.6) is 0 Å². The molecule has 1 rings (SSSR count). The van der Waals surface area contributed by atoms with Gasteiger partial charge in [-0.15, -0.1) is 11.8 Å². The number of rotatable bonds is 6. The Hall–Kier alpha value is -2.36. The second-order valence-electron chi connectivity index (χ2n) is 4.07. The molecule has 0 unspecified atom stereocenters.